The Morgan fingerprint density at radius 3 is 2.41 bits per heavy atom. The van der Waals surface area contributed by atoms with Crippen molar-refractivity contribution in [2.75, 3.05) is 18.1 Å². The first-order valence-electron chi connectivity index (χ1n) is 9.81. The predicted molar refractivity (Wildman–Crippen MR) is 113 cm³/mol. The number of halogens is 3. The van der Waals surface area contributed by atoms with Gasteiger partial charge in [-0.25, -0.2) is 18.1 Å². The number of rotatable bonds is 6. The topological polar surface area (TPSA) is 116 Å². The Hall–Kier alpha value is -3.15. The van der Waals surface area contributed by atoms with Crippen molar-refractivity contribution >= 4 is 21.6 Å². The Morgan fingerprint density at radius 2 is 1.84 bits per heavy atom. The molecule has 3 N–H and O–H groups in total. The quantitative estimate of drug-likeness (QED) is 0.573. The molecule has 0 atom stereocenters. The molecular weight excluding hydrogens is 445 g/mol. The highest BCUT2D eigenvalue weighted by molar-refractivity contribution is 7.92. The van der Waals surface area contributed by atoms with Crippen LogP contribution in [-0.2, 0) is 16.3 Å². The van der Waals surface area contributed by atoms with E-state index in [1.165, 1.54) is 30.1 Å². The van der Waals surface area contributed by atoms with E-state index >= 15 is 0 Å². The number of anilines is 2. The molecule has 2 aromatic heterocycles. The van der Waals surface area contributed by atoms with Crippen LogP contribution in [0.2, 0.25) is 0 Å². The summed E-state index contributed by atoms with van der Waals surface area (Å²) in [5.41, 5.74) is 7.09. The van der Waals surface area contributed by atoms with Crippen molar-refractivity contribution < 1.29 is 21.6 Å². The summed E-state index contributed by atoms with van der Waals surface area (Å²) in [6, 6.07) is 6.26. The minimum Gasteiger partial charge on any atom is -0.373 e. The normalized spacial score (nSPS) is 14.5. The second-order valence-corrected chi connectivity index (χ2v) is 9.82. The van der Waals surface area contributed by atoms with Crippen molar-refractivity contribution in [2.45, 2.75) is 42.5 Å². The Balaban J connectivity index is 1.76. The Kier molecular flexibility index (Phi) is 5.35. The van der Waals surface area contributed by atoms with Gasteiger partial charge in [0, 0.05) is 18.2 Å². The second-order valence-electron chi connectivity index (χ2n) is 7.59. The van der Waals surface area contributed by atoms with E-state index in [0.29, 0.717) is 29.8 Å². The van der Waals surface area contributed by atoms with E-state index in [1.54, 1.807) is 19.1 Å². The van der Waals surface area contributed by atoms with Crippen molar-refractivity contribution in [3.63, 3.8) is 0 Å². The number of hydrogen-bond acceptors (Lipinski definition) is 7. The van der Waals surface area contributed by atoms with Crippen molar-refractivity contribution in [2.24, 2.45) is 0 Å². The van der Waals surface area contributed by atoms with Crippen LogP contribution in [0.25, 0.3) is 16.9 Å². The lowest BCUT2D eigenvalue weighted by Crippen LogP contribution is -2.16. The lowest BCUT2D eigenvalue weighted by atomic mass is 10.0. The average molecular weight is 466 g/mol. The zero-order valence-electron chi connectivity index (χ0n) is 17.3. The third-order valence-electron chi connectivity index (χ3n) is 5.28. The van der Waals surface area contributed by atoms with Gasteiger partial charge in [0.05, 0.1) is 39.8 Å². The first-order chi connectivity index (χ1) is 15.0. The summed E-state index contributed by atoms with van der Waals surface area (Å²) in [6.07, 6.45) is -2.97. The predicted octanol–water partition coefficient (Wildman–Crippen LogP) is 3.30. The van der Waals surface area contributed by atoms with Gasteiger partial charge in [0.25, 0.3) is 0 Å². The van der Waals surface area contributed by atoms with E-state index in [2.05, 4.69) is 20.4 Å². The summed E-state index contributed by atoms with van der Waals surface area (Å²) in [7, 11) is -1.86. The Bertz CT molecular complexity index is 1270. The molecule has 1 saturated carbocycles. The standard InChI is InChI=1S/C20H21F3N6O2S/c1-11-16(17-15(9-20(21,22)23)18(25-2)28-19(24)27-17)10-26-29(11)12-3-5-13(6-4-12)32(30,31)14-7-8-14/h3-6,10,14H,7-9H2,1-2H3,(H3,24,25,27,28). The molecule has 0 bridgehead atoms. The highest BCUT2D eigenvalue weighted by Crippen LogP contribution is 2.36. The van der Waals surface area contributed by atoms with E-state index in [0.717, 1.165) is 0 Å². The Morgan fingerprint density at radius 1 is 1.19 bits per heavy atom. The maximum Gasteiger partial charge on any atom is 0.393 e. The van der Waals surface area contributed by atoms with Crippen LogP contribution >= 0.6 is 0 Å². The largest absolute Gasteiger partial charge is 0.393 e. The van der Waals surface area contributed by atoms with Crippen LogP contribution in [-0.4, -0.2) is 46.6 Å². The number of hydrogen-bond donors (Lipinski definition) is 2. The fourth-order valence-electron chi connectivity index (χ4n) is 3.55. The Labute approximate surface area is 182 Å². The SMILES string of the molecule is CNc1nc(N)nc(-c2cnn(-c3ccc(S(=O)(=O)C4CC4)cc3)c2C)c1CC(F)(F)F. The number of sulfone groups is 1. The van der Waals surface area contributed by atoms with Gasteiger partial charge in [0.15, 0.2) is 9.84 Å². The van der Waals surface area contributed by atoms with E-state index in [9.17, 15) is 21.6 Å². The summed E-state index contributed by atoms with van der Waals surface area (Å²) in [4.78, 5) is 8.19. The number of nitrogens with two attached hydrogens (primary N) is 1. The maximum atomic E-state index is 13.2. The van der Waals surface area contributed by atoms with Crippen LogP contribution in [0.1, 0.15) is 24.1 Å². The minimum absolute atomic E-state index is 0.00777. The van der Waals surface area contributed by atoms with Crippen LogP contribution in [0.4, 0.5) is 24.9 Å². The number of nitrogens with zero attached hydrogens (tertiary/aromatic N) is 4. The molecule has 4 rings (SSSR count). The molecular formula is C20H21F3N6O2S. The third kappa shape index (κ3) is 4.14. The maximum absolute atomic E-state index is 13.2. The lowest BCUT2D eigenvalue weighted by Gasteiger charge is -2.15. The smallest absolute Gasteiger partial charge is 0.373 e. The number of nitrogens with one attached hydrogen (secondary N) is 1. The van der Waals surface area contributed by atoms with Crippen molar-refractivity contribution in [3.05, 3.63) is 41.7 Å². The van der Waals surface area contributed by atoms with Gasteiger partial charge in [-0.05, 0) is 44.0 Å². The summed E-state index contributed by atoms with van der Waals surface area (Å²) in [6.45, 7) is 1.69. The van der Waals surface area contributed by atoms with E-state index in [1.807, 2.05) is 0 Å². The molecule has 2 heterocycles. The van der Waals surface area contributed by atoms with Crippen LogP contribution < -0.4 is 11.1 Å². The number of benzene rings is 1. The van der Waals surface area contributed by atoms with Crippen molar-refractivity contribution in [3.8, 4) is 16.9 Å². The summed E-state index contributed by atoms with van der Waals surface area (Å²) in [5, 5.41) is 6.62. The van der Waals surface area contributed by atoms with Gasteiger partial charge in [0.1, 0.15) is 5.82 Å². The fraction of sp³-hybridized carbons (Fsp3) is 0.350. The second kappa shape index (κ2) is 7.76. The molecule has 0 spiro atoms. The monoisotopic (exact) mass is 466 g/mol. The summed E-state index contributed by atoms with van der Waals surface area (Å²) < 4.78 is 66.0. The van der Waals surface area contributed by atoms with Crippen molar-refractivity contribution in [1.82, 2.24) is 19.7 Å². The molecule has 0 saturated heterocycles. The zero-order valence-corrected chi connectivity index (χ0v) is 18.1. The van der Waals surface area contributed by atoms with Crippen LogP contribution in [0.15, 0.2) is 35.4 Å². The molecule has 3 aromatic rings. The summed E-state index contributed by atoms with van der Waals surface area (Å²) >= 11 is 0. The van der Waals surface area contributed by atoms with Crippen LogP contribution in [0.3, 0.4) is 0 Å². The van der Waals surface area contributed by atoms with Gasteiger partial charge in [0.2, 0.25) is 5.95 Å². The highest BCUT2D eigenvalue weighted by atomic mass is 32.2. The van der Waals surface area contributed by atoms with Gasteiger partial charge in [-0.2, -0.15) is 23.3 Å². The fourth-order valence-corrected chi connectivity index (χ4v) is 5.21. The van der Waals surface area contributed by atoms with Crippen LogP contribution in [0.5, 0.6) is 0 Å². The molecule has 12 heteroatoms. The minimum atomic E-state index is -4.48. The lowest BCUT2D eigenvalue weighted by molar-refractivity contribution is -0.127. The van der Waals surface area contributed by atoms with Gasteiger partial charge >= 0.3 is 6.18 Å². The van der Waals surface area contributed by atoms with Crippen molar-refractivity contribution in [1.29, 1.82) is 0 Å². The molecule has 0 radical (unpaired) electrons. The van der Waals surface area contributed by atoms with Gasteiger partial charge in [-0.15, -0.1) is 0 Å². The summed E-state index contributed by atoms with van der Waals surface area (Å²) in [5.74, 6) is -0.177. The molecule has 0 amide bonds. The molecule has 8 nitrogen and oxygen atoms in total. The molecule has 1 fully saturated rings. The van der Waals surface area contributed by atoms with E-state index in [-0.39, 0.29) is 33.2 Å². The first-order valence-corrected chi connectivity index (χ1v) is 11.4. The third-order valence-corrected chi connectivity index (χ3v) is 7.55. The molecule has 0 unspecified atom stereocenters. The first kappa shape index (κ1) is 22.1. The molecule has 1 aliphatic carbocycles. The van der Waals surface area contributed by atoms with E-state index < -0.39 is 22.4 Å². The van der Waals surface area contributed by atoms with Gasteiger partial charge in [-0.1, -0.05) is 0 Å². The number of aromatic nitrogens is 4. The number of alkyl halides is 3. The molecule has 1 aliphatic rings. The molecule has 1 aromatic carbocycles. The molecule has 170 valence electrons. The molecule has 32 heavy (non-hydrogen) atoms. The van der Waals surface area contributed by atoms with Crippen LogP contribution in [0, 0.1) is 6.92 Å². The number of nitrogen functional groups attached to an aromatic ring is 1. The van der Waals surface area contributed by atoms with E-state index in [4.69, 9.17) is 5.73 Å². The highest BCUT2D eigenvalue weighted by Gasteiger charge is 2.37. The average Bonchev–Trinajstić information content (AvgIpc) is 3.52. The molecule has 0 aliphatic heterocycles. The zero-order chi connectivity index (χ0) is 23.3. The van der Waals surface area contributed by atoms with Gasteiger partial charge < -0.3 is 11.1 Å². The van der Waals surface area contributed by atoms with Gasteiger partial charge in [-0.3, -0.25) is 0 Å².